The van der Waals surface area contributed by atoms with E-state index in [4.69, 9.17) is 19.4 Å². The summed E-state index contributed by atoms with van der Waals surface area (Å²) in [6.07, 6.45) is 0. The summed E-state index contributed by atoms with van der Waals surface area (Å²) in [4.78, 5) is 15.6. The first-order chi connectivity index (χ1) is 27.2. The second-order valence-corrected chi connectivity index (χ2v) is 14.0. The smallest absolute Gasteiger partial charge is 0.164 e. The third kappa shape index (κ3) is 5.43. The second kappa shape index (κ2) is 12.6. The summed E-state index contributed by atoms with van der Waals surface area (Å²) < 4.78 is 6.74. The molecule has 0 bridgehead atoms. The standard InChI is InChI=1S/C51H31N3O/c1-2-10-32(11-3-1)37-20-21-39-29-40(23-22-38(39)28-37)43-26-27-45(47-44-16-8-9-17-46(44)55-48(43)47)51-53-49(41-24-18-33-12-4-6-14-35(33)30-41)52-50(54-51)42-25-19-34-13-5-7-15-36(34)31-42/h1-31H. The van der Waals surface area contributed by atoms with Crippen molar-refractivity contribution in [3.63, 3.8) is 0 Å². The van der Waals surface area contributed by atoms with Crippen LogP contribution in [0.2, 0.25) is 0 Å². The monoisotopic (exact) mass is 701 g/mol. The minimum atomic E-state index is 0.594. The lowest BCUT2D eigenvalue weighted by Crippen LogP contribution is -2.00. The van der Waals surface area contributed by atoms with Crippen molar-refractivity contribution >= 4 is 54.3 Å². The van der Waals surface area contributed by atoms with Crippen LogP contribution in [0.5, 0.6) is 0 Å². The molecule has 2 heterocycles. The summed E-state index contributed by atoms with van der Waals surface area (Å²) in [5, 5.41) is 8.96. The lowest BCUT2D eigenvalue weighted by atomic mass is 9.95. The van der Waals surface area contributed by atoms with E-state index >= 15 is 0 Å². The molecule has 0 saturated carbocycles. The van der Waals surface area contributed by atoms with E-state index in [0.29, 0.717) is 17.5 Å². The van der Waals surface area contributed by atoms with Gasteiger partial charge in [0.1, 0.15) is 11.2 Å². The molecular weight excluding hydrogens is 671 g/mol. The number of rotatable bonds is 5. The molecule has 11 rings (SSSR count). The molecule has 55 heavy (non-hydrogen) atoms. The number of para-hydroxylation sites is 1. The molecule has 0 N–H and O–H groups in total. The second-order valence-electron chi connectivity index (χ2n) is 14.0. The molecule has 0 fully saturated rings. The molecule has 4 nitrogen and oxygen atoms in total. The van der Waals surface area contributed by atoms with Crippen molar-refractivity contribution in [3.8, 4) is 56.4 Å². The highest BCUT2D eigenvalue weighted by Gasteiger charge is 2.21. The Balaban J connectivity index is 1.11. The first-order valence-corrected chi connectivity index (χ1v) is 18.5. The Bertz CT molecular complexity index is 3180. The van der Waals surface area contributed by atoms with Gasteiger partial charge in [-0.1, -0.05) is 146 Å². The van der Waals surface area contributed by atoms with Gasteiger partial charge in [-0.05, 0) is 91.5 Å². The molecular formula is C51H31N3O. The Hall–Kier alpha value is -7.43. The van der Waals surface area contributed by atoms with Crippen molar-refractivity contribution in [1.82, 2.24) is 15.0 Å². The average molecular weight is 702 g/mol. The van der Waals surface area contributed by atoms with Crippen molar-refractivity contribution in [2.75, 3.05) is 0 Å². The summed E-state index contributed by atoms with van der Waals surface area (Å²) in [5.41, 5.74) is 8.89. The highest BCUT2D eigenvalue weighted by Crippen LogP contribution is 2.42. The fourth-order valence-electron chi connectivity index (χ4n) is 7.88. The Kier molecular flexibility index (Phi) is 7.14. The topological polar surface area (TPSA) is 51.8 Å². The van der Waals surface area contributed by atoms with Gasteiger partial charge in [0.2, 0.25) is 0 Å². The molecule has 0 aliphatic heterocycles. The minimum Gasteiger partial charge on any atom is -0.455 e. The van der Waals surface area contributed by atoms with Gasteiger partial charge in [0.15, 0.2) is 17.5 Å². The maximum absolute atomic E-state index is 6.74. The predicted molar refractivity (Wildman–Crippen MR) is 227 cm³/mol. The Morgan fingerprint density at radius 2 is 0.782 bits per heavy atom. The zero-order valence-electron chi connectivity index (χ0n) is 29.6. The van der Waals surface area contributed by atoms with Crippen LogP contribution in [0.1, 0.15) is 0 Å². The van der Waals surface area contributed by atoms with Crippen LogP contribution in [-0.4, -0.2) is 15.0 Å². The van der Waals surface area contributed by atoms with Crippen LogP contribution in [0.4, 0.5) is 0 Å². The Labute approximate surface area is 317 Å². The largest absolute Gasteiger partial charge is 0.455 e. The zero-order chi connectivity index (χ0) is 36.3. The van der Waals surface area contributed by atoms with Crippen LogP contribution in [0.3, 0.4) is 0 Å². The van der Waals surface area contributed by atoms with Crippen LogP contribution < -0.4 is 0 Å². The fraction of sp³-hybridized carbons (Fsp3) is 0. The number of hydrogen-bond acceptors (Lipinski definition) is 4. The van der Waals surface area contributed by atoms with E-state index in [9.17, 15) is 0 Å². The first kappa shape index (κ1) is 31.1. The van der Waals surface area contributed by atoms with E-state index in [2.05, 4.69) is 176 Å². The summed E-state index contributed by atoms with van der Waals surface area (Å²) in [5.74, 6) is 1.83. The molecule has 0 aliphatic rings. The van der Waals surface area contributed by atoms with Crippen LogP contribution in [0.25, 0.3) is 111 Å². The van der Waals surface area contributed by atoms with Crippen molar-refractivity contribution < 1.29 is 4.42 Å². The molecule has 4 heteroatoms. The van der Waals surface area contributed by atoms with Gasteiger partial charge in [0, 0.05) is 33.0 Å². The minimum absolute atomic E-state index is 0.594. The average Bonchev–Trinajstić information content (AvgIpc) is 3.65. The van der Waals surface area contributed by atoms with Crippen molar-refractivity contribution in [3.05, 3.63) is 188 Å². The quantitative estimate of drug-likeness (QED) is 0.179. The summed E-state index contributed by atoms with van der Waals surface area (Å²) in [7, 11) is 0. The number of fused-ring (bicyclic) bond motifs is 6. The fourth-order valence-corrected chi connectivity index (χ4v) is 7.88. The molecule has 11 aromatic rings. The van der Waals surface area contributed by atoms with Crippen molar-refractivity contribution in [1.29, 1.82) is 0 Å². The van der Waals surface area contributed by atoms with Crippen LogP contribution in [-0.2, 0) is 0 Å². The molecule has 256 valence electrons. The predicted octanol–water partition coefficient (Wildman–Crippen LogP) is 13.6. The maximum Gasteiger partial charge on any atom is 0.164 e. The van der Waals surface area contributed by atoms with E-state index in [1.165, 1.54) is 32.7 Å². The number of nitrogens with zero attached hydrogens (tertiary/aromatic N) is 3. The first-order valence-electron chi connectivity index (χ1n) is 18.5. The van der Waals surface area contributed by atoms with Gasteiger partial charge in [-0.3, -0.25) is 0 Å². The molecule has 0 radical (unpaired) electrons. The number of aromatic nitrogens is 3. The molecule has 0 amide bonds. The van der Waals surface area contributed by atoms with Gasteiger partial charge < -0.3 is 4.42 Å². The van der Waals surface area contributed by atoms with Gasteiger partial charge >= 0.3 is 0 Å². The molecule has 0 spiro atoms. The summed E-state index contributed by atoms with van der Waals surface area (Å²) in [6, 6.07) is 65.9. The number of furan rings is 1. The van der Waals surface area contributed by atoms with E-state index in [1.807, 2.05) is 12.1 Å². The maximum atomic E-state index is 6.74. The van der Waals surface area contributed by atoms with Gasteiger partial charge in [-0.2, -0.15) is 0 Å². The molecule has 0 unspecified atom stereocenters. The molecule has 2 aromatic heterocycles. The summed E-state index contributed by atoms with van der Waals surface area (Å²) >= 11 is 0. The molecule has 9 aromatic carbocycles. The van der Waals surface area contributed by atoms with Crippen LogP contribution in [0, 0.1) is 0 Å². The number of benzene rings is 9. The normalized spacial score (nSPS) is 11.6. The van der Waals surface area contributed by atoms with Crippen molar-refractivity contribution in [2.45, 2.75) is 0 Å². The number of hydrogen-bond donors (Lipinski definition) is 0. The van der Waals surface area contributed by atoms with E-state index < -0.39 is 0 Å². The van der Waals surface area contributed by atoms with Gasteiger partial charge in [0.25, 0.3) is 0 Å². The highest BCUT2D eigenvalue weighted by atomic mass is 16.3. The van der Waals surface area contributed by atoms with Crippen LogP contribution >= 0.6 is 0 Å². The van der Waals surface area contributed by atoms with Crippen molar-refractivity contribution in [2.24, 2.45) is 0 Å². The summed E-state index contributed by atoms with van der Waals surface area (Å²) in [6.45, 7) is 0. The lowest BCUT2D eigenvalue weighted by molar-refractivity contribution is 0.670. The van der Waals surface area contributed by atoms with Gasteiger partial charge in [-0.15, -0.1) is 0 Å². The van der Waals surface area contributed by atoms with Gasteiger partial charge in [0.05, 0.1) is 0 Å². The van der Waals surface area contributed by atoms with E-state index in [-0.39, 0.29) is 0 Å². The SMILES string of the molecule is c1ccc(-c2ccc3cc(-c4ccc(-c5nc(-c6ccc7ccccc7c6)nc(-c6ccc7ccccc7c6)n5)c5c4oc4ccccc45)ccc3c2)cc1. The third-order valence-corrected chi connectivity index (χ3v) is 10.7. The van der Waals surface area contributed by atoms with Gasteiger partial charge in [-0.25, -0.2) is 15.0 Å². The Morgan fingerprint density at radius 1 is 0.309 bits per heavy atom. The van der Waals surface area contributed by atoms with E-state index in [0.717, 1.165) is 60.5 Å². The Morgan fingerprint density at radius 3 is 1.47 bits per heavy atom. The third-order valence-electron chi connectivity index (χ3n) is 10.7. The zero-order valence-corrected chi connectivity index (χ0v) is 29.6. The van der Waals surface area contributed by atoms with E-state index in [1.54, 1.807) is 0 Å². The molecule has 0 aliphatic carbocycles. The lowest BCUT2D eigenvalue weighted by Gasteiger charge is -2.12. The molecule has 0 saturated heterocycles. The molecule has 0 atom stereocenters. The highest BCUT2D eigenvalue weighted by molar-refractivity contribution is 6.16. The van der Waals surface area contributed by atoms with Crippen LogP contribution in [0.15, 0.2) is 192 Å².